The molecule has 0 saturated heterocycles. The number of rotatable bonds is 4. The second-order valence-corrected chi connectivity index (χ2v) is 7.38. The summed E-state index contributed by atoms with van der Waals surface area (Å²) in [6.45, 7) is 1.46. The molecule has 2 aromatic heterocycles. The van der Waals surface area contributed by atoms with Crippen LogP contribution in [0.2, 0.25) is 0 Å². The molecule has 2 heterocycles. The molecule has 0 aliphatic heterocycles. The maximum Gasteiger partial charge on any atom is 0.153 e. The number of nitrogens with zero attached hydrogens (tertiary/aromatic N) is 3. The zero-order valence-corrected chi connectivity index (χ0v) is 15.3. The van der Waals surface area contributed by atoms with Crippen molar-refractivity contribution < 1.29 is 19.0 Å². The molecule has 4 rings (SSSR count). The predicted molar refractivity (Wildman–Crippen MR) is 99.7 cm³/mol. The Labute approximate surface area is 160 Å². The Hall–Kier alpha value is -2.42. The van der Waals surface area contributed by atoms with Gasteiger partial charge in [-0.3, -0.25) is 0 Å². The van der Waals surface area contributed by atoms with Crippen LogP contribution in [-0.4, -0.2) is 43.5 Å². The van der Waals surface area contributed by atoms with Gasteiger partial charge in [-0.2, -0.15) is 0 Å². The minimum Gasteiger partial charge on any atom is -0.390 e. The maximum atomic E-state index is 16.0. The zero-order valence-electron chi connectivity index (χ0n) is 15.3. The summed E-state index contributed by atoms with van der Waals surface area (Å²) in [7, 11) is 0. The van der Waals surface area contributed by atoms with E-state index in [1.165, 1.54) is 18.5 Å². The largest absolute Gasteiger partial charge is 0.390 e. The summed E-state index contributed by atoms with van der Waals surface area (Å²) >= 11 is 0. The first-order valence-electron chi connectivity index (χ1n) is 9.16. The number of nitrogens with two attached hydrogens (primary N) is 1. The van der Waals surface area contributed by atoms with Gasteiger partial charge in [-0.25, -0.2) is 18.7 Å². The molecule has 0 bridgehead atoms. The van der Waals surface area contributed by atoms with Gasteiger partial charge < -0.3 is 20.5 Å². The van der Waals surface area contributed by atoms with Crippen molar-refractivity contribution in [2.75, 3.05) is 6.54 Å². The Morgan fingerprint density at radius 2 is 1.89 bits per heavy atom. The lowest BCUT2D eigenvalue weighted by atomic mass is 9.80. The summed E-state index contributed by atoms with van der Waals surface area (Å²) in [6, 6.07) is 6.24. The van der Waals surface area contributed by atoms with E-state index in [4.69, 9.17) is 5.73 Å². The van der Waals surface area contributed by atoms with E-state index in [0.717, 1.165) is 23.2 Å². The number of aliphatic hydroxyl groups is 2. The lowest BCUT2D eigenvalue weighted by Crippen LogP contribution is -2.44. The fourth-order valence-electron chi connectivity index (χ4n) is 4.32. The number of benzene rings is 1. The molecule has 1 aliphatic rings. The van der Waals surface area contributed by atoms with Gasteiger partial charge in [0, 0.05) is 24.0 Å². The second-order valence-electron chi connectivity index (χ2n) is 7.38. The number of hydrogen-bond donors (Lipinski definition) is 3. The number of aliphatic hydroxyl groups excluding tert-OH is 2. The van der Waals surface area contributed by atoms with E-state index in [1.807, 2.05) is 13.0 Å². The van der Waals surface area contributed by atoms with E-state index in [0.29, 0.717) is 5.65 Å². The highest BCUT2D eigenvalue weighted by Gasteiger charge is 2.53. The highest BCUT2D eigenvalue weighted by Crippen LogP contribution is 2.47. The number of aryl methyl sites for hydroxylation is 1. The molecule has 3 aromatic rings. The third kappa shape index (κ3) is 2.80. The molecule has 1 fully saturated rings. The number of halogens is 2. The van der Waals surface area contributed by atoms with Crippen LogP contribution < -0.4 is 5.73 Å². The van der Waals surface area contributed by atoms with Crippen molar-refractivity contribution in [3.8, 4) is 0 Å². The van der Waals surface area contributed by atoms with Crippen molar-refractivity contribution >= 4 is 11.0 Å². The summed E-state index contributed by atoms with van der Waals surface area (Å²) in [6.07, 6.45) is 0.818. The summed E-state index contributed by atoms with van der Waals surface area (Å²) in [5.41, 5.74) is 5.24. The van der Waals surface area contributed by atoms with Gasteiger partial charge in [0.15, 0.2) is 5.67 Å². The Bertz CT molecular complexity index is 994. The van der Waals surface area contributed by atoms with E-state index in [9.17, 15) is 14.6 Å². The van der Waals surface area contributed by atoms with Crippen LogP contribution in [0.4, 0.5) is 8.78 Å². The number of fused-ring (bicyclic) bond motifs is 1. The van der Waals surface area contributed by atoms with Crippen LogP contribution in [-0.2, 0) is 5.67 Å². The van der Waals surface area contributed by atoms with Crippen molar-refractivity contribution in [2.45, 2.75) is 37.3 Å². The highest BCUT2D eigenvalue weighted by atomic mass is 19.1. The average Bonchev–Trinajstić information content (AvgIpc) is 3.25. The monoisotopic (exact) mass is 388 g/mol. The van der Waals surface area contributed by atoms with E-state index in [1.54, 1.807) is 10.8 Å². The molecule has 4 N–H and O–H groups in total. The molecule has 28 heavy (non-hydrogen) atoms. The first-order valence-corrected chi connectivity index (χ1v) is 9.16. The standard InChI is InChI=1S/C20H22F2N4O2/c1-11-14-6-7-26(19(14)25-10-24-11)16-8-15(17(27)18(16)28)20(22,9-23)12-2-4-13(21)5-3-12/h2-7,10,15-18,27-28H,8-9,23H2,1H3/t15?,16?,17-,18+,20?/m1/s1. The average molecular weight is 388 g/mol. The molecular weight excluding hydrogens is 366 g/mol. The summed E-state index contributed by atoms with van der Waals surface area (Å²) in [5.74, 6) is -1.44. The molecule has 1 aromatic carbocycles. The van der Waals surface area contributed by atoms with Gasteiger partial charge in [0.25, 0.3) is 0 Å². The Morgan fingerprint density at radius 3 is 2.57 bits per heavy atom. The van der Waals surface area contributed by atoms with Crippen LogP contribution >= 0.6 is 0 Å². The first kappa shape index (κ1) is 18.9. The molecule has 1 aliphatic carbocycles. The van der Waals surface area contributed by atoms with Crippen molar-refractivity contribution in [3.63, 3.8) is 0 Å². The third-order valence-corrected chi connectivity index (χ3v) is 5.93. The molecule has 5 atom stereocenters. The van der Waals surface area contributed by atoms with Gasteiger partial charge in [-0.15, -0.1) is 0 Å². The molecule has 0 spiro atoms. The highest BCUT2D eigenvalue weighted by molar-refractivity contribution is 5.78. The van der Waals surface area contributed by atoms with Crippen LogP contribution in [0.25, 0.3) is 11.0 Å². The molecule has 3 unspecified atom stereocenters. The summed E-state index contributed by atoms with van der Waals surface area (Å²) < 4.78 is 31.0. The SMILES string of the molecule is Cc1ncnc2c1ccn2C1CC(C(F)(CN)c2ccc(F)cc2)[C@@H](O)[C@H]1O. The Balaban J connectivity index is 1.72. The van der Waals surface area contributed by atoms with Crippen LogP contribution in [0.15, 0.2) is 42.9 Å². The molecule has 0 radical (unpaired) electrons. The van der Waals surface area contributed by atoms with Gasteiger partial charge in [0.1, 0.15) is 23.9 Å². The van der Waals surface area contributed by atoms with Gasteiger partial charge >= 0.3 is 0 Å². The molecule has 0 amide bonds. The predicted octanol–water partition coefficient (Wildman–Crippen LogP) is 1.99. The quantitative estimate of drug-likeness (QED) is 0.635. The lowest BCUT2D eigenvalue weighted by molar-refractivity contribution is -0.0394. The lowest BCUT2D eigenvalue weighted by Gasteiger charge is -2.33. The van der Waals surface area contributed by atoms with Crippen LogP contribution in [0.1, 0.15) is 23.7 Å². The summed E-state index contributed by atoms with van der Waals surface area (Å²) in [4.78, 5) is 8.43. The van der Waals surface area contributed by atoms with E-state index < -0.39 is 42.2 Å². The number of hydrogen-bond acceptors (Lipinski definition) is 5. The summed E-state index contributed by atoms with van der Waals surface area (Å²) in [5, 5.41) is 22.2. The fraction of sp³-hybridized carbons (Fsp3) is 0.400. The topological polar surface area (TPSA) is 97.2 Å². The smallest absolute Gasteiger partial charge is 0.153 e. The van der Waals surface area contributed by atoms with Crippen molar-refractivity contribution in [3.05, 3.63) is 59.9 Å². The van der Waals surface area contributed by atoms with Gasteiger partial charge in [0.05, 0.1) is 17.8 Å². The molecule has 1 saturated carbocycles. The van der Waals surface area contributed by atoms with Crippen LogP contribution in [0, 0.1) is 18.7 Å². The van der Waals surface area contributed by atoms with Crippen LogP contribution in [0.5, 0.6) is 0 Å². The third-order valence-electron chi connectivity index (χ3n) is 5.93. The number of aromatic nitrogens is 3. The zero-order chi connectivity index (χ0) is 20.1. The van der Waals surface area contributed by atoms with Crippen molar-refractivity contribution in [1.82, 2.24) is 14.5 Å². The van der Waals surface area contributed by atoms with E-state index in [2.05, 4.69) is 9.97 Å². The van der Waals surface area contributed by atoms with Gasteiger partial charge in [-0.05, 0) is 37.1 Å². The Morgan fingerprint density at radius 1 is 1.18 bits per heavy atom. The van der Waals surface area contributed by atoms with Crippen molar-refractivity contribution in [1.29, 1.82) is 0 Å². The normalized spacial score (nSPS) is 27.2. The molecule has 6 nitrogen and oxygen atoms in total. The minimum absolute atomic E-state index is 0.153. The second kappa shape index (κ2) is 6.88. The first-order chi connectivity index (χ1) is 13.4. The van der Waals surface area contributed by atoms with Crippen LogP contribution in [0.3, 0.4) is 0 Å². The van der Waals surface area contributed by atoms with Gasteiger partial charge in [-0.1, -0.05) is 12.1 Å². The fourth-order valence-corrected chi connectivity index (χ4v) is 4.32. The van der Waals surface area contributed by atoms with Crippen molar-refractivity contribution in [2.24, 2.45) is 11.7 Å². The molecular formula is C20H22F2N4O2. The molecule has 148 valence electrons. The number of alkyl halides is 1. The molecule has 8 heteroatoms. The Kier molecular flexibility index (Phi) is 4.65. The van der Waals surface area contributed by atoms with Gasteiger partial charge in [0.2, 0.25) is 0 Å². The maximum absolute atomic E-state index is 16.0. The van der Waals surface area contributed by atoms with E-state index >= 15 is 4.39 Å². The van der Waals surface area contributed by atoms with E-state index in [-0.39, 0.29) is 12.0 Å². The minimum atomic E-state index is -2.10.